The van der Waals surface area contributed by atoms with Gasteiger partial charge < -0.3 is 11.5 Å². The predicted octanol–water partition coefficient (Wildman–Crippen LogP) is 4.80. The van der Waals surface area contributed by atoms with E-state index in [4.69, 9.17) is 11.5 Å². The molecule has 0 atom stereocenters. The molecule has 0 aliphatic heterocycles. The van der Waals surface area contributed by atoms with E-state index in [9.17, 15) is 0 Å². The molecule has 0 heterocycles. The van der Waals surface area contributed by atoms with Crippen LogP contribution in [0.2, 0.25) is 0 Å². The lowest BCUT2D eigenvalue weighted by atomic mass is 9.92. The van der Waals surface area contributed by atoms with Crippen molar-refractivity contribution >= 4 is 11.4 Å². The van der Waals surface area contributed by atoms with E-state index in [0.717, 1.165) is 22.5 Å². The van der Waals surface area contributed by atoms with Crippen LogP contribution >= 0.6 is 0 Å². The van der Waals surface area contributed by atoms with E-state index in [0.29, 0.717) is 0 Å². The Bertz CT molecular complexity index is 797. The lowest BCUT2D eigenvalue weighted by Gasteiger charge is -2.13. The molecule has 0 aliphatic carbocycles. The Morgan fingerprint density at radius 2 is 1.14 bits per heavy atom. The van der Waals surface area contributed by atoms with Crippen molar-refractivity contribution in [3.63, 3.8) is 0 Å². The number of nitrogens with two attached hydrogens (primary N) is 2. The highest BCUT2D eigenvalue weighted by Crippen LogP contribution is 2.34. The summed E-state index contributed by atoms with van der Waals surface area (Å²) in [5, 5.41) is 0. The Morgan fingerprint density at radius 1 is 0.545 bits per heavy atom. The lowest BCUT2D eigenvalue weighted by Crippen LogP contribution is -1.92. The second-order valence-electron chi connectivity index (χ2n) is 5.80. The highest BCUT2D eigenvalue weighted by Gasteiger charge is 2.09. The summed E-state index contributed by atoms with van der Waals surface area (Å²) in [6.07, 6.45) is 0. The summed E-state index contributed by atoms with van der Waals surface area (Å²) >= 11 is 0. The summed E-state index contributed by atoms with van der Waals surface area (Å²) in [6, 6.07) is 20.6. The van der Waals surface area contributed by atoms with E-state index in [1.165, 1.54) is 22.3 Å². The van der Waals surface area contributed by atoms with Crippen LogP contribution in [0, 0.1) is 13.8 Å². The first-order valence-corrected chi connectivity index (χ1v) is 7.37. The van der Waals surface area contributed by atoms with E-state index >= 15 is 0 Å². The summed E-state index contributed by atoms with van der Waals surface area (Å²) < 4.78 is 0. The van der Waals surface area contributed by atoms with Gasteiger partial charge in [-0.05, 0) is 60.4 Å². The Kier molecular flexibility index (Phi) is 3.60. The number of aryl methyl sites for hydroxylation is 2. The van der Waals surface area contributed by atoms with Crippen molar-refractivity contribution in [1.82, 2.24) is 0 Å². The number of rotatable bonds is 2. The molecule has 3 aromatic rings. The summed E-state index contributed by atoms with van der Waals surface area (Å²) in [4.78, 5) is 0. The predicted molar refractivity (Wildman–Crippen MR) is 95.6 cm³/mol. The molecule has 0 saturated carbocycles. The van der Waals surface area contributed by atoms with Crippen LogP contribution in [0.4, 0.5) is 11.4 Å². The van der Waals surface area contributed by atoms with Gasteiger partial charge in [0, 0.05) is 11.4 Å². The Morgan fingerprint density at radius 3 is 1.77 bits per heavy atom. The van der Waals surface area contributed by atoms with E-state index < -0.39 is 0 Å². The van der Waals surface area contributed by atoms with Crippen molar-refractivity contribution < 1.29 is 0 Å². The second kappa shape index (κ2) is 5.57. The normalized spacial score (nSPS) is 10.6. The van der Waals surface area contributed by atoms with E-state index in [2.05, 4.69) is 38.1 Å². The molecule has 3 rings (SSSR count). The first-order chi connectivity index (χ1) is 10.5. The maximum atomic E-state index is 6.02. The fraction of sp³-hybridized carbons (Fsp3) is 0.100. The Labute approximate surface area is 131 Å². The maximum absolute atomic E-state index is 6.02. The highest BCUT2D eigenvalue weighted by atomic mass is 14.5. The third kappa shape index (κ3) is 2.82. The molecule has 0 amide bonds. The average molecular weight is 288 g/mol. The minimum absolute atomic E-state index is 0.771. The third-order valence-corrected chi connectivity index (χ3v) is 3.80. The van der Waals surface area contributed by atoms with Crippen LogP contribution in [-0.4, -0.2) is 0 Å². The molecule has 22 heavy (non-hydrogen) atoms. The fourth-order valence-corrected chi connectivity index (χ4v) is 2.85. The molecule has 4 N–H and O–H groups in total. The van der Waals surface area contributed by atoms with Gasteiger partial charge in [-0.2, -0.15) is 0 Å². The van der Waals surface area contributed by atoms with E-state index in [1.54, 1.807) is 0 Å². The largest absolute Gasteiger partial charge is 0.399 e. The van der Waals surface area contributed by atoms with Gasteiger partial charge in [0.2, 0.25) is 0 Å². The Balaban J connectivity index is 2.22. The van der Waals surface area contributed by atoms with Crippen LogP contribution in [0.25, 0.3) is 22.3 Å². The highest BCUT2D eigenvalue weighted by molar-refractivity contribution is 5.86. The van der Waals surface area contributed by atoms with Crippen LogP contribution < -0.4 is 11.5 Å². The molecule has 2 nitrogen and oxygen atoms in total. The van der Waals surface area contributed by atoms with Gasteiger partial charge in [-0.3, -0.25) is 0 Å². The number of anilines is 2. The summed E-state index contributed by atoms with van der Waals surface area (Å²) in [5.74, 6) is 0. The SMILES string of the molecule is Cc1cc(C)cc(-c2cc(N)ccc2-c2ccc(N)cc2)c1. The zero-order valence-corrected chi connectivity index (χ0v) is 12.9. The van der Waals surface area contributed by atoms with Crippen LogP contribution in [0.3, 0.4) is 0 Å². The molecule has 0 aliphatic rings. The van der Waals surface area contributed by atoms with Gasteiger partial charge >= 0.3 is 0 Å². The van der Waals surface area contributed by atoms with Crippen LogP contribution in [0.1, 0.15) is 11.1 Å². The molecule has 0 fully saturated rings. The van der Waals surface area contributed by atoms with E-state index in [-0.39, 0.29) is 0 Å². The number of nitrogen functional groups attached to an aromatic ring is 2. The van der Waals surface area contributed by atoms with Crippen molar-refractivity contribution in [2.45, 2.75) is 13.8 Å². The molecule has 3 aromatic carbocycles. The number of hydrogen-bond donors (Lipinski definition) is 2. The van der Waals surface area contributed by atoms with Gasteiger partial charge in [-0.1, -0.05) is 47.5 Å². The van der Waals surface area contributed by atoms with Gasteiger partial charge in [0.1, 0.15) is 0 Å². The molecule has 110 valence electrons. The summed E-state index contributed by atoms with van der Waals surface area (Å²) in [7, 11) is 0. The minimum atomic E-state index is 0.771. The van der Waals surface area contributed by atoms with Gasteiger partial charge in [-0.25, -0.2) is 0 Å². The molecular weight excluding hydrogens is 268 g/mol. The number of benzene rings is 3. The molecule has 0 radical (unpaired) electrons. The minimum Gasteiger partial charge on any atom is -0.399 e. The second-order valence-corrected chi connectivity index (χ2v) is 5.80. The van der Waals surface area contributed by atoms with Crippen molar-refractivity contribution in [2.24, 2.45) is 0 Å². The van der Waals surface area contributed by atoms with Gasteiger partial charge in [0.05, 0.1) is 0 Å². The fourth-order valence-electron chi connectivity index (χ4n) is 2.85. The van der Waals surface area contributed by atoms with Crippen molar-refractivity contribution in [1.29, 1.82) is 0 Å². The maximum Gasteiger partial charge on any atom is 0.0320 e. The zero-order chi connectivity index (χ0) is 15.7. The summed E-state index contributed by atoms with van der Waals surface area (Å²) in [6.45, 7) is 4.23. The molecule has 0 bridgehead atoms. The molecule has 0 spiro atoms. The molecule has 0 aromatic heterocycles. The standard InChI is InChI=1S/C20H20N2/c1-13-9-14(2)11-16(10-13)20-12-18(22)7-8-19(20)15-3-5-17(21)6-4-15/h3-12H,21-22H2,1-2H3. The van der Waals surface area contributed by atoms with Crippen LogP contribution in [0.15, 0.2) is 60.7 Å². The monoisotopic (exact) mass is 288 g/mol. The van der Waals surface area contributed by atoms with Gasteiger partial charge in [0.15, 0.2) is 0 Å². The van der Waals surface area contributed by atoms with Crippen molar-refractivity contribution in [2.75, 3.05) is 11.5 Å². The van der Waals surface area contributed by atoms with Crippen molar-refractivity contribution in [3.05, 3.63) is 71.8 Å². The average Bonchev–Trinajstić information content (AvgIpc) is 2.47. The smallest absolute Gasteiger partial charge is 0.0320 e. The molecule has 0 unspecified atom stereocenters. The number of hydrogen-bond acceptors (Lipinski definition) is 2. The molecular formula is C20H20N2. The zero-order valence-electron chi connectivity index (χ0n) is 12.9. The van der Waals surface area contributed by atoms with Crippen LogP contribution in [-0.2, 0) is 0 Å². The molecule has 2 heteroatoms. The topological polar surface area (TPSA) is 52.0 Å². The Hall–Kier alpha value is -2.74. The lowest BCUT2D eigenvalue weighted by molar-refractivity contribution is 1.38. The van der Waals surface area contributed by atoms with Crippen molar-refractivity contribution in [3.8, 4) is 22.3 Å². The first-order valence-electron chi connectivity index (χ1n) is 7.37. The van der Waals surface area contributed by atoms with E-state index in [1.807, 2.05) is 36.4 Å². The summed E-state index contributed by atoms with van der Waals surface area (Å²) in [5.41, 5.74) is 20.5. The third-order valence-electron chi connectivity index (χ3n) is 3.80. The quantitative estimate of drug-likeness (QED) is 0.665. The first kappa shape index (κ1) is 14.2. The van der Waals surface area contributed by atoms with Crippen LogP contribution in [0.5, 0.6) is 0 Å². The van der Waals surface area contributed by atoms with Gasteiger partial charge in [0.25, 0.3) is 0 Å². The molecule has 0 saturated heterocycles. The van der Waals surface area contributed by atoms with Gasteiger partial charge in [-0.15, -0.1) is 0 Å².